The lowest BCUT2D eigenvalue weighted by atomic mass is 10.1. The number of rotatable bonds is 4. The monoisotopic (exact) mass is 387 g/mol. The van der Waals surface area contributed by atoms with Crippen LogP contribution in [-0.2, 0) is 14.8 Å². The summed E-state index contributed by atoms with van der Waals surface area (Å²) in [4.78, 5) is 24.1. The zero-order valence-electron chi connectivity index (χ0n) is 15.2. The summed E-state index contributed by atoms with van der Waals surface area (Å²) < 4.78 is 26.7. The smallest absolute Gasteiger partial charge is 0.255 e. The molecule has 0 spiro atoms. The molecule has 1 saturated heterocycles. The van der Waals surface area contributed by atoms with Crippen LogP contribution in [0.1, 0.15) is 21.5 Å². The van der Waals surface area contributed by atoms with E-state index in [2.05, 4.69) is 10.6 Å². The van der Waals surface area contributed by atoms with Gasteiger partial charge in [-0.25, -0.2) is 8.42 Å². The molecule has 7 nitrogen and oxygen atoms in total. The zero-order valence-corrected chi connectivity index (χ0v) is 16.0. The minimum Gasteiger partial charge on any atom is -0.354 e. The van der Waals surface area contributed by atoms with Gasteiger partial charge in [-0.15, -0.1) is 0 Å². The average Bonchev–Trinajstić information content (AvgIpc) is 2.64. The van der Waals surface area contributed by atoms with E-state index in [0.29, 0.717) is 5.69 Å². The second kappa shape index (κ2) is 7.50. The molecule has 142 valence electrons. The fourth-order valence-electron chi connectivity index (χ4n) is 2.92. The van der Waals surface area contributed by atoms with Crippen LogP contribution >= 0.6 is 0 Å². The molecule has 27 heavy (non-hydrogen) atoms. The van der Waals surface area contributed by atoms with E-state index in [1.807, 2.05) is 32.0 Å². The molecule has 8 heteroatoms. The Bertz CT molecular complexity index is 1000. The van der Waals surface area contributed by atoms with Gasteiger partial charge in [0.1, 0.15) is 0 Å². The fourth-order valence-corrected chi connectivity index (χ4v) is 4.36. The van der Waals surface area contributed by atoms with Gasteiger partial charge in [0, 0.05) is 24.3 Å². The number of sulfonamides is 1. The average molecular weight is 387 g/mol. The van der Waals surface area contributed by atoms with Crippen LogP contribution in [0.25, 0.3) is 0 Å². The van der Waals surface area contributed by atoms with Crippen molar-refractivity contribution in [1.29, 1.82) is 0 Å². The minimum absolute atomic E-state index is 0.00882. The van der Waals surface area contributed by atoms with Crippen molar-refractivity contribution >= 4 is 27.5 Å². The number of piperazine rings is 1. The number of anilines is 1. The number of amides is 2. The van der Waals surface area contributed by atoms with Gasteiger partial charge in [0.25, 0.3) is 5.91 Å². The van der Waals surface area contributed by atoms with Crippen LogP contribution in [0.5, 0.6) is 0 Å². The molecule has 2 amide bonds. The van der Waals surface area contributed by atoms with E-state index in [1.165, 1.54) is 18.2 Å². The number of nitrogens with zero attached hydrogens (tertiary/aromatic N) is 1. The molecule has 3 rings (SSSR count). The molecule has 0 aromatic heterocycles. The third-order valence-electron chi connectivity index (χ3n) is 4.37. The molecule has 1 heterocycles. The summed E-state index contributed by atoms with van der Waals surface area (Å²) in [5.41, 5.74) is 2.92. The van der Waals surface area contributed by atoms with Gasteiger partial charge in [0.15, 0.2) is 0 Å². The third kappa shape index (κ3) is 4.17. The quantitative estimate of drug-likeness (QED) is 0.834. The van der Waals surface area contributed by atoms with E-state index in [-0.39, 0.29) is 36.0 Å². The van der Waals surface area contributed by atoms with Crippen molar-refractivity contribution in [3.05, 3.63) is 59.2 Å². The largest absolute Gasteiger partial charge is 0.354 e. The Hall–Kier alpha value is -2.71. The Balaban J connectivity index is 1.84. The number of aryl methyl sites for hydroxylation is 2. The highest BCUT2D eigenvalue weighted by atomic mass is 32.2. The highest BCUT2D eigenvalue weighted by molar-refractivity contribution is 7.89. The van der Waals surface area contributed by atoms with E-state index >= 15 is 0 Å². The van der Waals surface area contributed by atoms with Crippen LogP contribution < -0.4 is 10.6 Å². The first kappa shape index (κ1) is 19.1. The Kier molecular flexibility index (Phi) is 5.29. The van der Waals surface area contributed by atoms with Gasteiger partial charge in [-0.3, -0.25) is 9.59 Å². The Morgan fingerprint density at radius 3 is 2.63 bits per heavy atom. The Morgan fingerprint density at radius 2 is 1.93 bits per heavy atom. The molecule has 1 aliphatic rings. The topological polar surface area (TPSA) is 95.6 Å². The molecule has 0 aliphatic carbocycles. The van der Waals surface area contributed by atoms with Crippen molar-refractivity contribution in [3.8, 4) is 0 Å². The first-order valence-corrected chi connectivity index (χ1v) is 9.97. The van der Waals surface area contributed by atoms with Crippen molar-refractivity contribution in [2.45, 2.75) is 18.7 Å². The number of hydrogen-bond acceptors (Lipinski definition) is 4. The van der Waals surface area contributed by atoms with Gasteiger partial charge in [-0.05, 0) is 43.7 Å². The lowest BCUT2D eigenvalue weighted by Crippen LogP contribution is -2.49. The van der Waals surface area contributed by atoms with Crippen LogP contribution in [-0.4, -0.2) is 44.2 Å². The van der Waals surface area contributed by atoms with Gasteiger partial charge in [0.2, 0.25) is 15.9 Å². The van der Waals surface area contributed by atoms with Gasteiger partial charge < -0.3 is 10.6 Å². The van der Waals surface area contributed by atoms with Crippen LogP contribution in [0.3, 0.4) is 0 Å². The number of nitrogens with one attached hydrogen (secondary N) is 2. The maximum atomic E-state index is 12.8. The summed E-state index contributed by atoms with van der Waals surface area (Å²) in [6.07, 6.45) is 0. The summed E-state index contributed by atoms with van der Waals surface area (Å²) in [7, 11) is -3.85. The van der Waals surface area contributed by atoms with E-state index in [0.717, 1.165) is 15.4 Å². The first-order chi connectivity index (χ1) is 12.8. The van der Waals surface area contributed by atoms with Gasteiger partial charge >= 0.3 is 0 Å². The maximum absolute atomic E-state index is 12.8. The molecule has 1 aliphatic heterocycles. The first-order valence-electron chi connectivity index (χ1n) is 8.53. The molecule has 2 aromatic carbocycles. The molecule has 0 unspecified atom stereocenters. The standard InChI is InChI=1S/C19H21N3O4S/c1-13-6-7-17(14(2)10-13)21-19(24)15-4-3-5-16(11-15)27(25,26)22-9-8-20-18(23)12-22/h3-7,10-11H,8-9,12H2,1-2H3,(H,20,23)(H,21,24). The Morgan fingerprint density at radius 1 is 1.15 bits per heavy atom. The highest BCUT2D eigenvalue weighted by Crippen LogP contribution is 2.20. The second-order valence-corrected chi connectivity index (χ2v) is 8.43. The normalized spacial score (nSPS) is 15.3. The SMILES string of the molecule is Cc1ccc(NC(=O)c2cccc(S(=O)(=O)N3CCNC(=O)C3)c2)c(C)c1. The lowest BCUT2D eigenvalue weighted by molar-refractivity contribution is -0.122. The van der Waals surface area contributed by atoms with Crippen LogP contribution in [0.15, 0.2) is 47.4 Å². The molecule has 0 bridgehead atoms. The zero-order chi connectivity index (χ0) is 19.6. The molecular formula is C19H21N3O4S. The second-order valence-electron chi connectivity index (χ2n) is 6.49. The number of carbonyl (C=O) groups excluding carboxylic acids is 2. The highest BCUT2D eigenvalue weighted by Gasteiger charge is 2.29. The van der Waals surface area contributed by atoms with Crippen LogP contribution in [0, 0.1) is 13.8 Å². The van der Waals surface area contributed by atoms with Gasteiger partial charge in [-0.2, -0.15) is 4.31 Å². The van der Waals surface area contributed by atoms with E-state index in [4.69, 9.17) is 0 Å². The molecular weight excluding hydrogens is 366 g/mol. The minimum atomic E-state index is -3.85. The van der Waals surface area contributed by atoms with E-state index in [9.17, 15) is 18.0 Å². The van der Waals surface area contributed by atoms with Gasteiger partial charge in [0.05, 0.1) is 11.4 Å². The van der Waals surface area contributed by atoms with Gasteiger partial charge in [-0.1, -0.05) is 23.8 Å². The third-order valence-corrected chi connectivity index (χ3v) is 6.21. The summed E-state index contributed by atoms with van der Waals surface area (Å²) in [5.74, 6) is -0.732. The van der Waals surface area contributed by atoms with Crippen molar-refractivity contribution in [2.24, 2.45) is 0 Å². The van der Waals surface area contributed by atoms with Crippen molar-refractivity contribution in [3.63, 3.8) is 0 Å². The molecule has 0 atom stereocenters. The molecule has 2 aromatic rings. The Labute approximate surface area is 158 Å². The molecule has 1 fully saturated rings. The summed E-state index contributed by atoms with van der Waals surface area (Å²) >= 11 is 0. The molecule has 2 N–H and O–H groups in total. The maximum Gasteiger partial charge on any atom is 0.255 e. The van der Waals surface area contributed by atoms with E-state index in [1.54, 1.807) is 6.07 Å². The van der Waals surface area contributed by atoms with E-state index < -0.39 is 15.9 Å². The molecule has 0 radical (unpaired) electrons. The van der Waals surface area contributed by atoms with Crippen molar-refractivity contribution in [1.82, 2.24) is 9.62 Å². The number of carbonyl (C=O) groups is 2. The molecule has 0 saturated carbocycles. The fraction of sp³-hybridized carbons (Fsp3) is 0.263. The summed E-state index contributed by atoms with van der Waals surface area (Å²) in [5, 5.41) is 5.40. The summed E-state index contributed by atoms with van der Waals surface area (Å²) in [6, 6.07) is 11.5. The number of hydrogen-bond donors (Lipinski definition) is 2. The van der Waals surface area contributed by atoms with Crippen molar-refractivity contribution in [2.75, 3.05) is 25.0 Å². The van der Waals surface area contributed by atoms with Crippen molar-refractivity contribution < 1.29 is 18.0 Å². The summed E-state index contributed by atoms with van der Waals surface area (Å²) in [6.45, 7) is 4.11. The van der Waals surface area contributed by atoms with Crippen LogP contribution in [0.2, 0.25) is 0 Å². The predicted octanol–water partition coefficient (Wildman–Crippen LogP) is 1.68. The predicted molar refractivity (Wildman–Crippen MR) is 102 cm³/mol. The number of benzene rings is 2. The lowest BCUT2D eigenvalue weighted by Gasteiger charge is -2.26. The van der Waals surface area contributed by atoms with Crippen LogP contribution in [0.4, 0.5) is 5.69 Å².